The van der Waals surface area contributed by atoms with Gasteiger partial charge < -0.3 is 20.8 Å². The molecule has 3 aromatic carbocycles. The minimum absolute atomic E-state index is 0.0717. The molecule has 0 bridgehead atoms. The number of phenolic OH excluding ortho intramolecular Hbond substituents is 2. The van der Waals surface area contributed by atoms with Crippen LogP contribution in [0.25, 0.3) is 0 Å². The Kier molecular flexibility index (Phi) is 6.41. The van der Waals surface area contributed by atoms with Crippen LogP contribution in [0.4, 0.5) is 37.7 Å². The highest BCUT2D eigenvalue weighted by molar-refractivity contribution is 6.05. The minimum atomic E-state index is -5.90. The maximum Gasteiger partial charge on any atom is 0.411 e. The third-order valence-electron chi connectivity index (χ3n) is 5.26. The van der Waals surface area contributed by atoms with Crippen molar-refractivity contribution in [3.05, 3.63) is 83.4 Å². The van der Waals surface area contributed by atoms with E-state index in [1.54, 1.807) is 6.07 Å². The number of halogens is 6. The van der Waals surface area contributed by atoms with E-state index in [0.29, 0.717) is 36.4 Å². The number of amides is 1. The van der Waals surface area contributed by atoms with Gasteiger partial charge in [0.05, 0.1) is 11.4 Å². The first-order chi connectivity index (χ1) is 15.8. The van der Waals surface area contributed by atoms with Crippen molar-refractivity contribution in [1.82, 2.24) is 0 Å². The third-order valence-corrected chi connectivity index (χ3v) is 5.26. The maximum absolute atomic E-state index is 14.4. The molecule has 0 radical (unpaired) electrons. The summed E-state index contributed by atoms with van der Waals surface area (Å²) in [5.41, 5.74) is -7.98. The van der Waals surface area contributed by atoms with Gasteiger partial charge >= 0.3 is 12.4 Å². The van der Waals surface area contributed by atoms with Crippen LogP contribution < -0.4 is 10.6 Å². The number of phenols is 2. The number of anilines is 2. The molecule has 0 aliphatic rings. The predicted octanol–water partition coefficient (Wildman–Crippen LogP) is 5.80. The molecule has 34 heavy (non-hydrogen) atoms. The topological polar surface area (TPSA) is 81.6 Å². The summed E-state index contributed by atoms with van der Waals surface area (Å²) in [6, 6.07) is 10.7. The zero-order valence-electron chi connectivity index (χ0n) is 17.4. The summed E-state index contributed by atoms with van der Waals surface area (Å²) in [5.74, 6) is -2.13. The lowest BCUT2D eigenvalue weighted by Gasteiger charge is -2.38. The molecule has 3 rings (SSSR count). The monoisotopic (exact) mass is 484 g/mol. The normalized spacial score (nSPS) is 12.3. The highest BCUT2D eigenvalue weighted by Crippen LogP contribution is 2.57. The Morgan fingerprint density at radius 2 is 1.21 bits per heavy atom. The molecular weight excluding hydrogens is 466 g/mol. The smallest absolute Gasteiger partial charge is 0.411 e. The average Bonchev–Trinajstić information content (AvgIpc) is 2.76. The number of carbonyl (C=O) groups is 1. The largest absolute Gasteiger partial charge is 0.506 e. The van der Waals surface area contributed by atoms with Crippen LogP contribution in [-0.2, 0) is 5.41 Å². The Morgan fingerprint density at radius 1 is 0.735 bits per heavy atom. The van der Waals surface area contributed by atoms with Gasteiger partial charge in [0.15, 0.2) is 0 Å². The van der Waals surface area contributed by atoms with Crippen LogP contribution in [0.15, 0.2) is 66.7 Å². The van der Waals surface area contributed by atoms with Gasteiger partial charge in [-0.2, -0.15) is 26.3 Å². The maximum atomic E-state index is 14.4. The fourth-order valence-electron chi connectivity index (χ4n) is 3.61. The number of hydrogen-bond donors (Lipinski definition) is 4. The van der Waals surface area contributed by atoms with Crippen LogP contribution >= 0.6 is 0 Å². The predicted molar refractivity (Wildman–Crippen MR) is 113 cm³/mol. The fraction of sp³-hybridized carbons (Fsp3) is 0.174. The molecule has 0 atom stereocenters. The summed E-state index contributed by atoms with van der Waals surface area (Å²) in [6.45, 7) is 0. The molecule has 0 aromatic heterocycles. The van der Waals surface area contributed by atoms with Crippen LogP contribution in [0, 0.1) is 0 Å². The zero-order chi connectivity index (χ0) is 25.3. The molecule has 11 heteroatoms. The van der Waals surface area contributed by atoms with E-state index in [9.17, 15) is 41.4 Å². The van der Waals surface area contributed by atoms with Gasteiger partial charge in [-0.25, -0.2) is 0 Å². The molecule has 4 N–H and O–H groups in total. The van der Waals surface area contributed by atoms with Gasteiger partial charge in [0, 0.05) is 12.6 Å². The van der Waals surface area contributed by atoms with E-state index >= 15 is 0 Å². The molecule has 0 heterocycles. The lowest BCUT2D eigenvalue weighted by atomic mass is 9.72. The molecule has 0 saturated carbocycles. The summed E-state index contributed by atoms with van der Waals surface area (Å²) >= 11 is 0. The SMILES string of the molecule is CNc1cc(C(c2ccc(O)c(NC(=O)c3ccccc3)c2)(C(F)(F)F)C(F)(F)F)ccc1O. The summed E-state index contributed by atoms with van der Waals surface area (Å²) in [6.07, 6.45) is -11.8. The van der Waals surface area contributed by atoms with Crippen molar-refractivity contribution >= 4 is 17.3 Å². The number of hydrogen-bond acceptors (Lipinski definition) is 4. The molecule has 5 nitrogen and oxygen atoms in total. The average molecular weight is 484 g/mol. The van der Waals surface area contributed by atoms with E-state index < -0.39 is 52.0 Å². The van der Waals surface area contributed by atoms with E-state index in [-0.39, 0.29) is 11.3 Å². The van der Waals surface area contributed by atoms with Crippen molar-refractivity contribution in [1.29, 1.82) is 0 Å². The highest BCUT2D eigenvalue weighted by atomic mass is 19.4. The number of alkyl halides is 6. The first-order valence-corrected chi connectivity index (χ1v) is 9.67. The van der Waals surface area contributed by atoms with Gasteiger partial charge in [-0.15, -0.1) is 0 Å². The van der Waals surface area contributed by atoms with Crippen molar-refractivity contribution in [2.45, 2.75) is 17.8 Å². The summed E-state index contributed by atoms with van der Waals surface area (Å²) < 4.78 is 86.3. The van der Waals surface area contributed by atoms with E-state index in [4.69, 9.17) is 0 Å². The van der Waals surface area contributed by atoms with Gasteiger partial charge in [0.1, 0.15) is 11.5 Å². The van der Waals surface area contributed by atoms with Crippen LogP contribution in [0.1, 0.15) is 21.5 Å². The molecule has 0 saturated heterocycles. The van der Waals surface area contributed by atoms with Crippen molar-refractivity contribution in [3.63, 3.8) is 0 Å². The van der Waals surface area contributed by atoms with Crippen LogP contribution in [-0.4, -0.2) is 35.5 Å². The van der Waals surface area contributed by atoms with E-state index in [1.165, 1.54) is 31.3 Å². The zero-order valence-corrected chi connectivity index (χ0v) is 17.4. The molecule has 0 spiro atoms. The number of aromatic hydroxyl groups is 2. The number of carbonyl (C=O) groups excluding carboxylic acids is 1. The summed E-state index contributed by atoms with van der Waals surface area (Å²) in [4.78, 5) is 12.4. The van der Waals surface area contributed by atoms with Crippen molar-refractivity contribution in [2.75, 3.05) is 17.7 Å². The Bertz CT molecular complexity index is 1180. The Morgan fingerprint density at radius 3 is 1.68 bits per heavy atom. The Labute approximate surface area is 189 Å². The van der Waals surface area contributed by atoms with Gasteiger partial charge in [-0.1, -0.05) is 30.3 Å². The number of nitrogens with one attached hydrogen (secondary N) is 2. The lowest BCUT2D eigenvalue weighted by Crippen LogP contribution is -2.54. The second kappa shape index (κ2) is 8.81. The van der Waals surface area contributed by atoms with Gasteiger partial charge in [0.25, 0.3) is 5.91 Å². The molecule has 0 unspecified atom stereocenters. The quantitative estimate of drug-likeness (QED) is 0.273. The number of benzene rings is 3. The van der Waals surface area contributed by atoms with Crippen LogP contribution in [0.3, 0.4) is 0 Å². The van der Waals surface area contributed by atoms with Crippen molar-refractivity contribution in [3.8, 4) is 11.5 Å². The van der Waals surface area contributed by atoms with E-state index in [0.717, 1.165) is 0 Å². The fourth-order valence-corrected chi connectivity index (χ4v) is 3.61. The molecule has 3 aromatic rings. The van der Waals surface area contributed by atoms with Crippen molar-refractivity contribution in [2.24, 2.45) is 0 Å². The molecule has 1 amide bonds. The Hall–Kier alpha value is -3.89. The molecule has 180 valence electrons. The van der Waals surface area contributed by atoms with Gasteiger partial charge in [-0.05, 0) is 47.5 Å². The number of rotatable bonds is 5. The van der Waals surface area contributed by atoms with Crippen molar-refractivity contribution < 1.29 is 41.4 Å². The van der Waals surface area contributed by atoms with Gasteiger partial charge in [-0.3, -0.25) is 4.79 Å². The van der Waals surface area contributed by atoms with Crippen LogP contribution in [0.2, 0.25) is 0 Å². The summed E-state index contributed by atoms with van der Waals surface area (Å²) in [5, 5.41) is 24.3. The molecule has 0 fully saturated rings. The molecule has 0 aliphatic carbocycles. The first-order valence-electron chi connectivity index (χ1n) is 9.67. The minimum Gasteiger partial charge on any atom is -0.506 e. The van der Waals surface area contributed by atoms with Crippen LogP contribution in [0.5, 0.6) is 11.5 Å². The first kappa shape index (κ1) is 24.7. The standard InChI is InChI=1S/C23H18F6N2O3/c1-30-16-11-14(7-9-18(16)32)21(22(24,25)26,23(27,28)29)15-8-10-19(33)17(12-15)31-20(34)13-5-3-2-4-6-13/h2-12,30,32-33H,1H3,(H,31,34). The summed E-state index contributed by atoms with van der Waals surface area (Å²) in [7, 11) is 1.22. The van der Waals surface area contributed by atoms with E-state index in [2.05, 4.69) is 10.6 Å². The third kappa shape index (κ3) is 4.20. The highest BCUT2D eigenvalue weighted by Gasteiger charge is 2.72. The van der Waals surface area contributed by atoms with E-state index in [1.807, 2.05) is 0 Å². The Balaban J connectivity index is 2.25. The van der Waals surface area contributed by atoms with Gasteiger partial charge in [0.2, 0.25) is 5.41 Å². The lowest BCUT2D eigenvalue weighted by molar-refractivity contribution is -0.288. The second-order valence-electron chi connectivity index (χ2n) is 7.28. The second-order valence-corrected chi connectivity index (χ2v) is 7.28. The molecule has 0 aliphatic heterocycles. The molecular formula is C23H18F6N2O3.